The molecule has 0 aliphatic carbocycles. The van der Waals surface area contributed by atoms with Crippen molar-refractivity contribution in [1.29, 1.82) is 0 Å². The molecule has 0 saturated carbocycles. The van der Waals surface area contributed by atoms with E-state index in [1.807, 2.05) is 18.4 Å². The molecule has 0 spiro atoms. The molecule has 0 unspecified atom stereocenters. The summed E-state index contributed by atoms with van der Waals surface area (Å²) in [6.07, 6.45) is 0. The van der Waals surface area contributed by atoms with Crippen molar-refractivity contribution in [3.8, 4) is 0 Å². The van der Waals surface area contributed by atoms with Crippen LogP contribution < -0.4 is 5.32 Å². The summed E-state index contributed by atoms with van der Waals surface area (Å²) >= 11 is 1.41. The molecule has 0 saturated heterocycles. The van der Waals surface area contributed by atoms with Crippen LogP contribution in [0.1, 0.15) is 29.1 Å². The number of carbonyl (C=O) groups excluding carboxylic acids is 1. The average Bonchev–Trinajstić information content (AvgIpc) is 2.46. The number of nitrogens with one attached hydrogen (secondary N) is 1. The van der Waals surface area contributed by atoms with E-state index in [0.717, 1.165) is 5.56 Å². The fourth-order valence-electron chi connectivity index (χ4n) is 0.982. The van der Waals surface area contributed by atoms with Crippen LogP contribution in [0.3, 0.4) is 0 Å². The van der Waals surface area contributed by atoms with Crippen molar-refractivity contribution < 1.29 is 9.90 Å². The number of rotatable bonds is 3. The molecule has 0 fully saturated rings. The fraction of sp³-hybridized carbons (Fsp3) is 0.500. The molecule has 14 heavy (non-hydrogen) atoms. The van der Waals surface area contributed by atoms with E-state index in [0.29, 0.717) is 4.88 Å². The van der Waals surface area contributed by atoms with Gasteiger partial charge < -0.3 is 10.4 Å². The zero-order valence-corrected chi connectivity index (χ0v) is 9.44. The van der Waals surface area contributed by atoms with Crippen LogP contribution in [0.5, 0.6) is 0 Å². The van der Waals surface area contributed by atoms with Crippen molar-refractivity contribution in [3.63, 3.8) is 0 Å². The lowest BCUT2D eigenvalue weighted by Gasteiger charge is -2.17. The molecule has 0 aromatic carbocycles. The molecule has 1 aromatic heterocycles. The van der Waals surface area contributed by atoms with Gasteiger partial charge in [0.15, 0.2) is 0 Å². The van der Waals surface area contributed by atoms with E-state index < -0.39 is 5.60 Å². The van der Waals surface area contributed by atoms with Crippen LogP contribution in [0.25, 0.3) is 0 Å². The quantitative estimate of drug-likeness (QED) is 0.800. The van der Waals surface area contributed by atoms with E-state index in [9.17, 15) is 9.90 Å². The minimum Gasteiger partial charge on any atom is -0.389 e. The van der Waals surface area contributed by atoms with Crippen molar-refractivity contribution in [3.05, 3.63) is 21.9 Å². The Hall–Kier alpha value is -0.870. The van der Waals surface area contributed by atoms with Crippen LogP contribution in [0.15, 0.2) is 11.4 Å². The van der Waals surface area contributed by atoms with Crippen LogP contribution in [0.2, 0.25) is 0 Å². The summed E-state index contributed by atoms with van der Waals surface area (Å²) < 4.78 is 0. The maximum Gasteiger partial charge on any atom is 0.261 e. The summed E-state index contributed by atoms with van der Waals surface area (Å²) in [5.41, 5.74) is 0.115. The van der Waals surface area contributed by atoms with Crippen molar-refractivity contribution in [1.82, 2.24) is 5.32 Å². The topological polar surface area (TPSA) is 49.3 Å². The van der Waals surface area contributed by atoms with Crippen molar-refractivity contribution in [2.24, 2.45) is 0 Å². The Morgan fingerprint density at radius 1 is 1.64 bits per heavy atom. The summed E-state index contributed by atoms with van der Waals surface area (Å²) in [6.45, 7) is 5.49. The lowest BCUT2D eigenvalue weighted by atomic mass is 10.1. The van der Waals surface area contributed by atoms with Gasteiger partial charge in [0.25, 0.3) is 5.91 Å². The van der Waals surface area contributed by atoms with Gasteiger partial charge in [0.05, 0.1) is 10.5 Å². The van der Waals surface area contributed by atoms with Crippen molar-refractivity contribution in [2.45, 2.75) is 26.4 Å². The molecule has 0 aliphatic heterocycles. The zero-order chi connectivity index (χ0) is 10.8. The molecule has 78 valence electrons. The highest BCUT2D eigenvalue weighted by atomic mass is 32.1. The van der Waals surface area contributed by atoms with Gasteiger partial charge in [-0.1, -0.05) is 0 Å². The minimum atomic E-state index is -0.860. The Morgan fingerprint density at radius 3 is 2.71 bits per heavy atom. The van der Waals surface area contributed by atoms with Gasteiger partial charge in [-0.05, 0) is 37.8 Å². The monoisotopic (exact) mass is 213 g/mol. The van der Waals surface area contributed by atoms with E-state index in [1.54, 1.807) is 13.8 Å². The maximum atomic E-state index is 11.6. The first-order valence-corrected chi connectivity index (χ1v) is 5.33. The Labute approximate surface area is 87.8 Å². The zero-order valence-electron chi connectivity index (χ0n) is 8.63. The van der Waals surface area contributed by atoms with E-state index in [1.165, 1.54) is 11.3 Å². The van der Waals surface area contributed by atoms with Gasteiger partial charge in [0, 0.05) is 6.54 Å². The third kappa shape index (κ3) is 3.12. The standard InChI is InChI=1S/C10H15NO2S/c1-7-4-5-14-8(7)9(12)11-6-10(2,3)13/h4-5,13H,6H2,1-3H3,(H,11,12). The molecule has 0 bridgehead atoms. The van der Waals surface area contributed by atoms with Gasteiger partial charge >= 0.3 is 0 Å². The molecule has 4 heteroatoms. The first kappa shape index (κ1) is 11.2. The summed E-state index contributed by atoms with van der Waals surface area (Å²) in [6, 6.07) is 1.91. The second kappa shape index (κ2) is 4.11. The smallest absolute Gasteiger partial charge is 0.261 e. The average molecular weight is 213 g/mol. The Morgan fingerprint density at radius 2 is 2.29 bits per heavy atom. The molecule has 2 N–H and O–H groups in total. The molecule has 0 radical (unpaired) electrons. The van der Waals surface area contributed by atoms with Crippen molar-refractivity contribution >= 4 is 17.2 Å². The second-order valence-corrected chi connectivity index (χ2v) is 4.84. The van der Waals surface area contributed by atoms with Crippen molar-refractivity contribution in [2.75, 3.05) is 6.54 Å². The summed E-state index contributed by atoms with van der Waals surface area (Å²) in [5.74, 6) is -0.111. The Balaban J connectivity index is 2.56. The first-order valence-electron chi connectivity index (χ1n) is 4.45. The predicted octanol–water partition coefficient (Wildman–Crippen LogP) is 1.56. The Kier molecular flexibility index (Phi) is 3.29. The van der Waals surface area contributed by atoms with Gasteiger partial charge in [-0.2, -0.15) is 0 Å². The molecule has 1 heterocycles. The molecule has 1 amide bonds. The minimum absolute atomic E-state index is 0.111. The van der Waals surface area contributed by atoms with Gasteiger partial charge in [-0.3, -0.25) is 4.79 Å². The van der Waals surface area contributed by atoms with Gasteiger partial charge in [0.2, 0.25) is 0 Å². The van der Waals surface area contributed by atoms with Crippen LogP contribution in [-0.4, -0.2) is 23.2 Å². The number of aryl methyl sites for hydroxylation is 1. The number of aliphatic hydroxyl groups is 1. The van der Waals surface area contributed by atoms with E-state index in [2.05, 4.69) is 5.32 Å². The predicted molar refractivity (Wildman–Crippen MR) is 57.7 cm³/mol. The maximum absolute atomic E-state index is 11.6. The fourth-order valence-corrected chi connectivity index (χ4v) is 1.82. The van der Waals surface area contributed by atoms with E-state index in [-0.39, 0.29) is 12.5 Å². The molecule has 0 atom stereocenters. The molecular weight excluding hydrogens is 198 g/mol. The first-order chi connectivity index (χ1) is 6.40. The number of hydrogen-bond donors (Lipinski definition) is 2. The molecule has 1 rings (SSSR count). The number of amides is 1. The number of hydrogen-bond acceptors (Lipinski definition) is 3. The van der Waals surface area contributed by atoms with Gasteiger partial charge in [-0.15, -0.1) is 11.3 Å². The normalized spacial score (nSPS) is 11.4. The SMILES string of the molecule is Cc1ccsc1C(=O)NCC(C)(C)O. The molecular formula is C10H15NO2S. The highest BCUT2D eigenvalue weighted by molar-refractivity contribution is 7.12. The molecule has 1 aromatic rings. The van der Waals surface area contributed by atoms with Gasteiger partial charge in [-0.25, -0.2) is 0 Å². The largest absolute Gasteiger partial charge is 0.389 e. The lowest BCUT2D eigenvalue weighted by Crippen LogP contribution is -2.38. The van der Waals surface area contributed by atoms with Gasteiger partial charge in [0.1, 0.15) is 0 Å². The van der Waals surface area contributed by atoms with Crippen LogP contribution in [-0.2, 0) is 0 Å². The number of thiophene rings is 1. The second-order valence-electron chi connectivity index (χ2n) is 3.93. The van der Waals surface area contributed by atoms with E-state index in [4.69, 9.17) is 0 Å². The van der Waals surface area contributed by atoms with Crippen LogP contribution in [0, 0.1) is 6.92 Å². The molecule has 3 nitrogen and oxygen atoms in total. The third-order valence-corrected chi connectivity index (χ3v) is 2.77. The summed E-state index contributed by atoms with van der Waals surface area (Å²) in [5, 5.41) is 14.0. The third-order valence-electron chi connectivity index (χ3n) is 1.75. The van der Waals surface area contributed by atoms with Crippen LogP contribution >= 0.6 is 11.3 Å². The number of carbonyl (C=O) groups is 1. The van der Waals surface area contributed by atoms with Crippen LogP contribution in [0.4, 0.5) is 0 Å². The van der Waals surface area contributed by atoms with E-state index >= 15 is 0 Å². The summed E-state index contributed by atoms with van der Waals surface area (Å²) in [7, 11) is 0. The lowest BCUT2D eigenvalue weighted by molar-refractivity contribution is 0.0696. The Bertz CT molecular complexity index is 325. The summed E-state index contributed by atoms with van der Waals surface area (Å²) in [4.78, 5) is 12.3. The highest BCUT2D eigenvalue weighted by Crippen LogP contribution is 2.15. The molecule has 0 aliphatic rings. The highest BCUT2D eigenvalue weighted by Gasteiger charge is 2.16.